The van der Waals surface area contributed by atoms with E-state index in [1.165, 1.54) is 0 Å². The normalized spacial score (nSPS) is 12.5. The van der Waals surface area contributed by atoms with Crippen molar-refractivity contribution in [3.8, 4) is 0 Å². The van der Waals surface area contributed by atoms with E-state index in [-0.39, 0.29) is 0 Å². The molecule has 1 aliphatic rings. The van der Waals surface area contributed by atoms with E-state index in [0.29, 0.717) is 5.56 Å². The number of anilines is 2. The van der Waals surface area contributed by atoms with Crippen LogP contribution >= 0.6 is 0 Å². The van der Waals surface area contributed by atoms with Gasteiger partial charge in [-0.3, -0.25) is 10.0 Å². The third-order valence-electron chi connectivity index (χ3n) is 4.69. The molecule has 0 fully saturated rings. The lowest BCUT2D eigenvalue weighted by atomic mass is 9.99. The molecule has 134 valence electrons. The second-order valence-electron chi connectivity index (χ2n) is 6.23. The van der Waals surface area contributed by atoms with Crippen LogP contribution in [0.4, 0.5) is 17.1 Å². The number of rotatable bonds is 3. The van der Waals surface area contributed by atoms with E-state index in [0.717, 1.165) is 40.4 Å². The summed E-state index contributed by atoms with van der Waals surface area (Å²) in [4.78, 5) is 18.8. The molecule has 1 amide bonds. The average molecular weight is 357 g/mol. The van der Waals surface area contributed by atoms with Gasteiger partial charge in [0.05, 0.1) is 22.8 Å². The summed E-state index contributed by atoms with van der Waals surface area (Å²) in [5.41, 5.74) is 7.91. The molecule has 3 aromatic rings. The van der Waals surface area contributed by atoms with E-state index < -0.39 is 5.91 Å². The lowest BCUT2D eigenvalue weighted by Crippen LogP contribution is -2.19. The largest absolute Gasteiger partial charge is 0.339 e. The molecule has 1 heterocycles. The molecule has 0 aliphatic carbocycles. The van der Waals surface area contributed by atoms with Gasteiger partial charge in [-0.1, -0.05) is 42.5 Å². The van der Waals surface area contributed by atoms with Gasteiger partial charge >= 0.3 is 0 Å². The molecular formula is C22H19N3O2. The quantitative estimate of drug-likeness (QED) is 0.538. The van der Waals surface area contributed by atoms with Gasteiger partial charge in [-0.2, -0.15) is 0 Å². The van der Waals surface area contributed by atoms with Crippen LogP contribution in [0.1, 0.15) is 28.4 Å². The summed E-state index contributed by atoms with van der Waals surface area (Å²) in [6.45, 7) is 2.95. The molecule has 0 radical (unpaired) electrons. The van der Waals surface area contributed by atoms with Crippen LogP contribution in [-0.2, 0) is 0 Å². The maximum atomic E-state index is 11.6. The fraction of sp³-hybridized carbons (Fsp3) is 0.0909. The molecule has 0 aromatic heterocycles. The van der Waals surface area contributed by atoms with Gasteiger partial charge in [0.25, 0.3) is 5.91 Å². The van der Waals surface area contributed by atoms with Crippen LogP contribution in [0.2, 0.25) is 0 Å². The predicted octanol–water partition coefficient (Wildman–Crippen LogP) is 4.45. The third-order valence-corrected chi connectivity index (χ3v) is 4.69. The molecule has 3 aromatic carbocycles. The van der Waals surface area contributed by atoms with Gasteiger partial charge in [0, 0.05) is 23.2 Å². The second-order valence-corrected chi connectivity index (χ2v) is 6.23. The van der Waals surface area contributed by atoms with Gasteiger partial charge in [0.2, 0.25) is 0 Å². The predicted molar refractivity (Wildman–Crippen MR) is 107 cm³/mol. The first-order chi connectivity index (χ1) is 13.2. The van der Waals surface area contributed by atoms with Crippen LogP contribution in [0.5, 0.6) is 0 Å². The van der Waals surface area contributed by atoms with Gasteiger partial charge in [-0.25, -0.2) is 10.5 Å². The number of para-hydroxylation sites is 3. The monoisotopic (exact) mass is 357 g/mol. The van der Waals surface area contributed by atoms with Crippen molar-refractivity contribution < 1.29 is 10.0 Å². The Balaban J connectivity index is 1.91. The Morgan fingerprint density at radius 3 is 2.33 bits per heavy atom. The van der Waals surface area contributed by atoms with E-state index >= 15 is 0 Å². The van der Waals surface area contributed by atoms with Crippen LogP contribution in [0, 0.1) is 0 Å². The summed E-state index contributed by atoms with van der Waals surface area (Å²) in [5, 5.41) is 8.81. The van der Waals surface area contributed by atoms with Crippen molar-refractivity contribution in [2.45, 2.75) is 6.92 Å². The number of nitrogens with one attached hydrogen (secondary N) is 1. The van der Waals surface area contributed by atoms with Crippen molar-refractivity contribution >= 4 is 28.7 Å². The summed E-state index contributed by atoms with van der Waals surface area (Å²) in [6, 6.07) is 23.4. The molecule has 0 unspecified atom stereocenters. The molecule has 2 N–H and O–H groups in total. The molecule has 27 heavy (non-hydrogen) atoms. The van der Waals surface area contributed by atoms with E-state index in [4.69, 9.17) is 10.2 Å². The molecule has 0 saturated heterocycles. The second kappa shape index (κ2) is 7.05. The summed E-state index contributed by atoms with van der Waals surface area (Å²) in [5.74, 6) is -0.535. The van der Waals surface area contributed by atoms with Crippen molar-refractivity contribution in [1.82, 2.24) is 5.48 Å². The van der Waals surface area contributed by atoms with Gasteiger partial charge in [0.15, 0.2) is 0 Å². The van der Waals surface area contributed by atoms with Crippen molar-refractivity contribution in [1.29, 1.82) is 0 Å². The van der Waals surface area contributed by atoms with Crippen molar-refractivity contribution in [3.05, 3.63) is 89.5 Å². The number of aliphatic imine (C=N–C) groups is 1. The minimum atomic E-state index is -0.535. The zero-order valence-corrected chi connectivity index (χ0v) is 14.9. The molecule has 5 nitrogen and oxygen atoms in total. The van der Waals surface area contributed by atoms with E-state index in [1.807, 2.05) is 42.5 Å². The molecule has 0 spiro atoms. The highest BCUT2D eigenvalue weighted by molar-refractivity contribution is 6.18. The highest BCUT2D eigenvalue weighted by Crippen LogP contribution is 2.40. The fourth-order valence-electron chi connectivity index (χ4n) is 3.41. The molecule has 0 bridgehead atoms. The number of fused-ring (bicyclic) bond motifs is 2. The Labute approximate surface area is 157 Å². The Morgan fingerprint density at radius 1 is 0.963 bits per heavy atom. The standard InChI is InChI=1S/C22H19N3O2/c1-2-25-19-9-5-3-7-17(19)21(23-18-8-4-6-10-20(18)25)15-11-13-16(14-12-15)22(26)24-27/h3-14,27H,2H2,1H3,(H,24,26). The van der Waals surface area contributed by atoms with E-state index in [9.17, 15) is 4.79 Å². The Morgan fingerprint density at radius 2 is 1.63 bits per heavy atom. The topological polar surface area (TPSA) is 64.9 Å². The zero-order chi connectivity index (χ0) is 18.8. The minimum Gasteiger partial charge on any atom is -0.339 e. The highest BCUT2D eigenvalue weighted by Gasteiger charge is 2.22. The number of carbonyl (C=O) groups is 1. The first-order valence-electron chi connectivity index (χ1n) is 8.82. The average Bonchev–Trinajstić information content (AvgIpc) is 2.87. The number of hydrogen-bond acceptors (Lipinski definition) is 4. The maximum Gasteiger partial charge on any atom is 0.274 e. The first-order valence-corrected chi connectivity index (χ1v) is 8.82. The number of carbonyl (C=O) groups excluding carboxylic acids is 1. The van der Waals surface area contributed by atoms with Gasteiger partial charge in [-0.15, -0.1) is 0 Å². The summed E-state index contributed by atoms with van der Waals surface area (Å²) < 4.78 is 0. The summed E-state index contributed by atoms with van der Waals surface area (Å²) >= 11 is 0. The van der Waals surface area contributed by atoms with Crippen LogP contribution in [0.3, 0.4) is 0 Å². The number of benzene rings is 3. The van der Waals surface area contributed by atoms with Crippen molar-refractivity contribution in [2.75, 3.05) is 11.4 Å². The Bertz CT molecular complexity index is 1030. The minimum absolute atomic E-state index is 0.388. The van der Waals surface area contributed by atoms with Crippen LogP contribution in [0.25, 0.3) is 0 Å². The third kappa shape index (κ3) is 2.98. The van der Waals surface area contributed by atoms with Crippen LogP contribution in [0.15, 0.2) is 77.8 Å². The fourth-order valence-corrected chi connectivity index (χ4v) is 3.41. The Hall–Kier alpha value is -3.44. The summed E-state index contributed by atoms with van der Waals surface area (Å²) in [7, 11) is 0. The Kier molecular flexibility index (Phi) is 4.44. The number of amides is 1. The van der Waals surface area contributed by atoms with E-state index in [2.05, 4.69) is 30.0 Å². The van der Waals surface area contributed by atoms with Crippen molar-refractivity contribution in [3.63, 3.8) is 0 Å². The lowest BCUT2D eigenvalue weighted by Gasteiger charge is -2.24. The molecule has 0 saturated carbocycles. The number of hydroxylamine groups is 1. The smallest absolute Gasteiger partial charge is 0.274 e. The lowest BCUT2D eigenvalue weighted by molar-refractivity contribution is 0.0706. The number of nitrogens with zero attached hydrogens (tertiary/aromatic N) is 2. The molecule has 4 rings (SSSR count). The highest BCUT2D eigenvalue weighted by atomic mass is 16.5. The summed E-state index contributed by atoms with van der Waals surface area (Å²) in [6.07, 6.45) is 0. The molecule has 5 heteroatoms. The van der Waals surface area contributed by atoms with E-state index in [1.54, 1.807) is 17.6 Å². The van der Waals surface area contributed by atoms with Crippen LogP contribution < -0.4 is 10.4 Å². The van der Waals surface area contributed by atoms with Gasteiger partial charge < -0.3 is 4.90 Å². The van der Waals surface area contributed by atoms with Gasteiger partial charge in [-0.05, 0) is 37.3 Å². The molecular weight excluding hydrogens is 338 g/mol. The first kappa shape index (κ1) is 17.0. The molecule has 0 atom stereocenters. The maximum absolute atomic E-state index is 11.6. The zero-order valence-electron chi connectivity index (χ0n) is 14.9. The molecule has 1 aliphatic heterocycles. The SMILES string of the molecule is CCN1c2ccccc2N=C(c2ccc(C(=O)NO)cc2)c2ccccc21. The van der Waals surface area contributed by atoms with Crippen molar-refractivity contribution in [2.24, 2.45) is 4.99 Å². The number of hydrogen-bond donors (Lipinski definition) is 2. The van der Waals surface area contributed by atoms with Gasteiger partial charge in [0.1, 0.15) is 0 Å². The van der Waals surface area contributed by atoms with Crippen LogP contribution in [-0.4, -0.2) is 23.4 Å².